The van der Waals surface area contributed by atoms with Gasteiger partial charge in [-0.25, -0.2) is 0 Å². The summed E-state index contributed by atoms with van der Waals surface area (Å²) in [6.45, 7) is 1.53. The highest BCUT2D eigenvalue weighted by atomic mass is 16.5. The van der Waals surface area contributed by atoms with Gasteiger partial charge in [-0.1, -0.05) is 0 Å². The molecule has 2 heterocycles. The molecule has 1 amide bonds. The average molecular weight is 210 g/mol. The summed E-state index contributed by atoms with van der Waals surface area (Å²) >= 11 is 0. The van der Waals surface area contributed by atoms with E-state index in [-0.39, 0.29) is 18.5 Å². The van der Waals surface area contributed by atoms with Crippen LogP contribution in [0.3, 0.4) is 0 Å². The first-order chi connectivity index (χ1) is 7.24. The number of nitrogen functional groups attached to an aromatic ring is 1. The molecule has 1 aliphatic heterocycles. The lowest BCUT2D eigenvalue weighted by Gasteiger charge is -2.10. The Morgan fingerprint density at radius 3 is 3.27 bits per heavy atom. The van der Waals surface area contributed by atoms with E-state index in [0.29, 0.717) is 12.3 Å². The van der Waals surface area contributed by atoms with Gasteiger partial charge in [0.05, 0.1) is 24.5 Å². The fraction of sp³-hybridized carbons (Fsp3) is 0.556. The third-order valence-electron chi connectivity index (χ3n) is 2.25. The van der Waals surface area contributed by atoms with Gasteiger partial charge in [-0.05, 0) is 6.42 Å². The third kappa shape index (κ3) is 2.69. The summed E-state index contributed by atoms with van der Waals surface area (Å²) in [7, 11) is 0. The number of aromatic nitrogens is 2. The van der Waals surface area contributed by atoms with E-state index in [2.05, 4.69) is 10.4 Å². The van der Waals surface area contributed by atoms with Crippen molar-refractivity contribution in [2.75, 3.05) is 18.9 Å². The number of nitrogens with zero attached hydrogens (tertiary/aromatic N) is 2. The van der Waals surface area contributed by atoms with Crippen LogP contribution in [0.5, 0.6) is 0 Å². The first-order valence-electron chi connectivity index (χ1n) is 4.89. The molecule has 3 N–H and O–H groups in total. The number of rotatable bonds is 3. The van der Waals surface area contributed by atoms with E-state index < -0.39 is 0 Å². The molecule has 2 rings (SSSR count). The lowest BCUT2D eigenvalue weighted by Crippen LogP contribution is -2.37. The van der Waals surface area contributed by atoms with Crippen molar-refractivity contribution in [3.63, 3.8) is 0 Å². The molecule has 1 aromatic heterocycles. The second-order valence-electron chi connectivity index (χ2n) is 3.60. The van der Waals surface area contributed by atoms with Crippen LogP contribution in [0.15, 0.2) is 12.4 Å². The van der Waals surface area contributed by atoms with E-state index in [4.69, 9.17) is 10.5 Å². The van der Waals surface area contributed by atoms with E-state index >= 15 is 0 Å². The Hall–Kier alpha value is -1.56. The van der Waals surface area contributed by atoms with Gasteiger partial charge in [0.15, 0.2) is 0 Å². The van der Waals surface area contributed by atoms with Crippen LogP contribution >= 0.6 is 0 Å². The number of anilines is 1. The predicted octanol–water partition coefficient (Wildman–Crippen LogP) is -0.630. The largest absolute Gasteiger partial charge is 0.396 e. The van der Waals surface area contributed by atoms with Gasteiger partial charge >= 0.3 is 0 Å². The number of nitrogens with one attached hydrogen (secondary N) is 1. The summed E-state index contributed by atoms with van der Waals surface area (Å²) in [6, 6.07) is 0.144. The SMILES string of the molecule is Nc1cnn(CC(=O)NC2CCOC2)c1. The van der Waals surface area contributed by atoms with Crippen molar-refractivity contribution in [1.82, 2.24) is 15.1 Å². The number of hydrogen-bond donors (Lipinski definition) is 2. The van der Waals surface area contributed by atoms with Crippen LogP contribution in [0, 0.1) is 0 Å². The number of hydrogen-bond acceptors (Lipinski definition) is 4. The maximum atomic E-state index is 11.5. The average Bonchev–Trinajstić information content (AvgIpc) is 2.77. The molecule has 0 spiro atoms. The molecule has 1 unspecified atom stereocenters. The van der Waals surface area contributed by atoms with Crippen molar-refractivity contribution >= 4 is 11.6 Å². The molecule has 0 aliphatic carbocycles. The number of amides is 1. The Bertz CT molecular complexity index is 344. The highest BCUT2D eigenvalue weighted by Crippen LogP contribution is 2.03. The standard InChI is InChI=1S/C9H14N4O2/c10-7-3-11-13(4-7)5-9(14)12-8-1-2-15-6-8/h3-4,8H,1-2,5-6,10H2,(H,12,14). The first-order valence-corrected chi connectivity index (χ1v) is 4.89. The summed E-state index contributed by atoms with van der Waals surface area (Å²) in [6.07, 6.45) is 4.03. The molecule has 1 atom stereocenters. The normalized spacial score (nSPS) is 20.4. The van der Waals surface area contributed by atoms with Crippen molar-refractivity contribution in [3.05, 3.63) is 12.4 Å². The molecule has 0 bridgehead atoms. The summed E-state index contributed by atoms with van der Waals surface area (Å²) in [4.78, 5) is 11.5. The van der Waals surface area contributed by atoms with Gasteiger partial charge in [-0.3, -0.25) is 9.48 Å². The smallest absolute Gasteiger partial charge is 0.242 e. The van der Waals surface area contributed by atoms with Crippen molar-refractivity contribution in [1.29, 1.82) is 0 Å². The van der Waals surface area contributed by atoms with Gasteiger partial charge in [-0.2, -0.15) is 5.10 Å². The Morgan fingerprint density at radius 1 is 1.80 bits per heavy atom. The highest BCUT2D eigenvalue weighted by Gasteiger charge is 2.17. The van der Waals surface area contributed by atoms with Crippen molar-refractivity contribution in [2.45, 2.75) is 19.0 Å². The molecule has 0 saturated carbocycles. The predicted molar refractivity (Wildman–Crippen MR) is 54.0 cm³/mol. The molecule has 6 heteroatoms. The van der Waals surface area contributed by atoms with E-state index in [1.54, 1.807) is 6.20 Å². The molecular weight excluding hydrogens is 196 g/mol. The number of carbonyl (C=O) groups excluding carboxylic acids is 1. The topological polar surface area (TPSA) is 82.2 Å². The number of ether oxygens (including phenoxy) is 1. The van der Waals surface area contributed by atoms with Gasteiger partial charge in [0.2, 0.25) is 5.91 Å². The summed E-state index contributed by atoms with van der Waals surface area (Å²) in [5, 5.41) is 6.80. The Balaban J connectivity index is 1.81. The molecule has 0 radical (unpaired) electrons. The lowest BCUT2D eigenvalue weighted by atomic mass is 10.2. The van der Waals surface area contributed by atoms with E-state index in [0.717, 1.165) is 13.0 Å². The molecule has 82 valence electrons. The van der Waals surface area contributed by atoms with E-state index in [9.17, 15) is 4.79 Å². The van der Waals surface area contributed by atoms with E-state index in [1.807, 2.05) is 0 Å². The molecule has 1 aliphatic rings. The van der Waals surface area contributed by atoms with Gasteiger partial charge in [0, 0.05) is 12.8 Å². The van der Waals surface area contributed by atoms with Gasteiger partial charge < -0.3 is 15.8 Å². The molecule has 1 saturated heterocycles. The molecule has 1 aromatic rings. The van der Waals surface area contributed by atoms with Crippen LogP contribution in [-0.2, 0) is 16.1 Å². The second-order valence-corrected chi connectivity index (χ2v) is 3.60. The van der Waals surface area contributed by atoms with Crippen LogP contribution < -0.4 is 11.1 Å². The van der Waals surface area contributed by atoms with Crippen molar-refractivity contribution in [3.8, 4) is 0 Å². The van der Waals surface area contributed by atoms with Crippen LogP contribution in [0.2, 0.25) is 0 Å². The minimum Gasteiger partial charge on any atom is -0.396 e. The Labute approximate surface area is 87.4 Å². The molecule has 15 heavy (non-hydrogen) atoms. The van der Waals surface area contributed by atoms with Gasteiger partial charge in [-0.15, -0.1) is 0 Å². The fourth-order valence-electron chi connectivity index (χ4n) is 1.53. The maximum Gasteiger partial charge on any atom is 0.242 e. The second kappa shape index (κ2) is 4.31. The Kier molecular flexibility index (Phi) is 2.86. The quantitative estimate of drug-likeness (QED) is 0.696. The van der Waals surface area contributed by atoms with E-state index in [1.165, 1.54) is 10.9 Å². The zero-order chi connectivity index (χ0) is 10.7. The van der Waals surface area contributed by atoms with Crippen molar-refractivity contribution in [2.24, 2.45) is 0 Å². The van der Waals surface area contributed by atoms with Crippen LogP contribution in [0.1, 0.15) is 6.42 Å². The van der Waals surface area contributed by atoms with Crippen molar-refractivity contribution < 1.29 is 9.53 Å². The highest BCUT2D eigenvalue weighted by molar-refractivity contribution is 5.76. The summed E-state index contributed by atoms with van der Waals surface area (Å²) in [5.74, 6) is -0.0615. The number of carbonyl (C=O) groups is 1. The summed E-state index contributed by atoms with van der Waals surface area (Å²) in [5.41, 5.74) is 6.04. The fourth-order valence-corrected chi connectivity index (χ4v) is 1.53. The molecular formula is C9H14N4O2. The van der Waals surface area contributed by atoms with Crippen LogP contribution in [0.25, 0.3) is 0 Å². The molecule has 6 nitrogen and oxygen atoms in total. The monoisotopic (exact) mass is 210 g/mol. The number of nitrogens with two attached hydrogens (primary N) is 1. The molecule has 1 fully saturated rings. The minimum absolute atomic E-state index is 0.0615. The minimum atomic E-state index is -0.0615. The van der Waals surface area contributed by atoms with Crippen LogP contribution in [-0.4, -0.2) is 34.9 Å². The van der Waals surface area contributed by atoms with Crippen LogP contribution in [0.4, 0.5) is 5.69 Å². The Morgan fingerprint density at radius 2 is 2.67 bits per heavy atom. The zero-order valence-electron chi connectivity index (χ0n) is 8.35. The maximum absolute atomic E-state index is 11.5. The van der Waals surface area contributed by atoms with Gasteiger partial charge in [0.1, 0.15) is 6.54 Å². The zero-order valence-corrected chi connectivity index (χ0v) is 8.35. The first kappa shape index (κ1) is 9.97. The van der Waals surface area contributed by atoms with Gasteiger partial charge in [0.25, 0.3) is 0 Å². The summed E-state index contributed by atoms with van der Waals surface area (Å²) < 4.78 is 6.67. The lowest BCUT2D eigenvalue weighted by molar-refractivity contribution is -0.122. The molecule has 0 aromatic carbocycles. The third-order valence-corrected chi connectivity index (χ3v) is 2.25.